The van der Waals surface area contributed by atoms with Gasteiger partial charge in [0.15, 0.2) is 0 Å². The summed E-state index contributed by atoms with van der Waals surface area (Å²) in [5.41, 5.74) is 0.915. The summed E-state index contributed by atoms with van der Waals surface area (Å²) in [4.78, 5) is 23.4. The average molecular weight is 293 g/mol. The standard InChI is InChI=1S/C14H19N3O2S/c1-4-5-17(6-7-18)8-11-15-13(19)12-9(2)10(3)20-14(12)16-11/h4,18H,1,5-8H2,2-3H3,(H,15,16,19). The van der Waals surface area contributed by atoms with Gasteiger partial charge < -0.3 is 10.1 Å². The summed E-state index contributed by atoms with van der Waals surface area (Å²) in [6.07, 6.45) is 1.77. The molecule has 2 aromatic rings. The third kappa shape index (κ3) is 2.98. The third-order valence-electron chi connectivity index (χ3n) is 3.27. The van der Waals surface area contributed by atoms with Crippen molar-refractivity contribution in [2.24, 2.45) is 0 Å². The Morgan fingerprint density at radius 1 is 1.50 bits per heavy atom. The second-order valence-corrected chi connectivity index (χ2v) is 5.93. The maximum Gasteiger partial charge on any atom is 0.259 e. The van der Waals surface area contributed by atoms with Crippen LogP contribution in [0.15, 0.2) is 17.4 Å². The zero-order valence-electron chi connectivity index (χ0n) is 11.8. The highest BCUT2D eigenvalue weighted by atomic mass is 32.1. The van der Waals surface area contributed by atoms with Crippen LogP contribution >= 0.6 is 11.3 Å². The van der Waals surface area contributed by atoms with E-state index >= 15 is 0 Å². The molecule has 0 aromatic carbocycles. The van der Waals surface area contributed by atoms with Gasteiger partial charge in [-0.1, -0.05) is 6.08 Å². The lowest BCUT2D eigenvalue weighted by molar-refractivity contribution is 0.200. The van der Waals surface area contributed by atoms with Gasteiger partial charge >= 0.3 is 0 Å². The lowest BCUT2D eigenvalue weighted by Gasteiger charge is -2.18. The van der Waals surface area contributed by atoms with Crippen molar-refractivity contribution in [2.45, 2.75) is 20.4 Å². The third-order valence-corrected chi connectivity index (χ3v) is 4.37. The molecule has 0 aliphatic rings. The van der Waals surface area contributed by atoms with Crippen LogP contribution in [0.25, 0.3) is 10.2 Å². The normalized spacial score (nSPS) is 11.4. The molecule has 0 saturated heterocycles. The second-order valence-electron chi connectivity index (χ2n) is 4.72. The summed E-state index contributed by atoms with van der Waals surface area (Å²) in [5.74, 6) is 0.624. The van der Waals surface area contributed by atoms with Crippen LogP contribution in [0.5, 0.6) is 0 Å². The van der Waals surface area contributed by atoms with Crippen molar-refractivity contribution in [3.8, 4) is 0 Å². The van der Waals surface area contributed by atoms with Gasteiger partial charge in [0.1, 0.15) is 10.7 Å². The average Bonchev–Trinajstić information content (AvgIpc) is 2.66. The van der Waals surface area contributed by atoms with E-state index in [1.54, 1.807) is 17.4 Å². The Hall–Kier alpha value is -1.50. The molecule has 6 heteroatoms. The van der Waals surface area contributed by atoms with E-state index in [0.29, 0.717) is 30.8 Å². The van der Waals surface area contributed by atoms with Crippen LogP contribution < -0.4 is 5.56 Å². The quantitative estimate of drug-likeness (QED) is 0.794. The molecular weight excluding hydrogens is 274 g/mol. The molecule has 2 aromatic heterocycles. The molecule has 0 saturated carbocycles. The minimum atomic E-state index is -0.0885. The minimum absolute atomic E-state index is 0.0670. The molecule has 0 bridgehead atoms. The summed E-state index contributed by atoms with van der Waals surface area (Å²) >= 11 is 1.54. The number of aromatic nitrogens is 2. The number of hydrogen-bond acceptors (Lipinski definition) is 5. The molecule has 0 spiro atoms. The molecule has 0 unspecified atom stereocenters. The van der Waals surface area contributed by atoms with Crippen molar-refractivity contribution in [1.82, 2.24) is 14.9 Å². The lowest BCUT2D eigenvalue weighted by Crippen LogP contribution is -2.28. The lowest BCUT2D eigenvalue weighted by atomic mass is 10.2. The first-order chi connectivity index (χ1) is 9.56. The molecule has 2 heterocycles. The van der Waals surface area contributed by atoms with Gasteiger partial charge in [0.25, 0.3) is 5.56 Å². The fourth-order valence-electron chi connectivity index (χ4n) is 2.14. The first kappa shape index (κ1) is 14.9. The molecule has 2 rings (SSSR count). The van der Waals surface area contributed by atoms with Crippen molar-refractivity contribution in [3.63, 3.8) is 0 Å². The SMILES string of the molecule is C=CCN(CCO)Cc1nc2sc(C)c(C)c2c(=O)[nH]1. The van der Waals surface area contributed by atoms with Crippen LogP contribution in [-0.4, -0.2) is 39.7 Å². The van der Waals surface area contributed by atoms with Crippen LogP contribution in [0.1, 0.15) is 16.3 Å². The van der Waals surface area contributed by atoms with Gasteiger partial charge in [-0.05, 0) is 19.4 Å². The summed E-state index contributed by atoms with van der Waals surface area (Å²) < 4.78 is 0. The molecular formula is C14H19N3O2S. The number of nitrogens with one attached hydrogen (secondary N) is 1. The Balaban J connectivity index is 2.36. The Morgan fingerprint density at radius 2 is 2.25 bits per heavy atom. The minimum Gasteiger partial charge on any atom is -0.395 e. The van der Waals surface area contributed by atoms with Crippen LogP contribution in [0.4, 0.5) is 0 Å². The van der Waals surface area contributed by atoms with Crippen LogP contribution in [-0.2, 0) is 6.54 Å². The van der Waals surface area contributed by atoms with Crippen molar-refractivity contribution >= 4 is 21.6 Å². The first-order valence-electron chi connectivity index (χ1n) is 6.49. The van der Waals surface area contributed by atoms with E-state index < -0.39 is 0 Å². The molecule has 0 aliphatic carbocycles. The number of aliphatic hydroxyl groups is 1. The molecule has 0 fully saturated rings. The molecule has 0 radical (unpaired) electrons. The summed E-state index contributed by atoms with van der Waals surface area (Å²) in [6, 6.07) is 0. The van der Waals surface area contributed by atoms with Gasteiger partial charge in [0.05, 0.1) is 18.5 Å². The molecule has 5 nitrogen and oxygen atoms in total. The van der Waals surface area contributed by atoms with Crippen LogP contribution in [0, 0.1) is 13.8 Å². The maximum absolute atomic E-state index is 12.2. The van der Waals surface area contributed by atoms with Gasteiger partial charge in [0.2, 0.25) is 0 Å². The van der Waals surface area contributed by atoms with Gasteiger partial charge in [-0.2, -0.15) is 0 Å². The van der Waals surface area contributed by atoms with E-state index in [-0.39, 0.29) is 12.2 Å². The van der Waals surface area contributed by atoms with E-state index in [9.17, 15) is 4.79 Å². The number of aliphatic hydroxyl groups excluding tert-OH is 1. The Labute approximate surface area is 121 Å². The Kier molecular flexibility index (Phi) is 4.69. The molecule has 20 heavy (non-hydrogen) atoms. The van der Waals surface area contributed by atoms with Gasteiger partial charge in [-0.15, -0.1) is 17.9 Å². The van der Waals surface area contributed by atoms with E-state index in [1.807, 2.05) is 18.7 Å². The summed E-state index contributed by atoms with van der Waals surface area (Å²) in [6.45, 7) is 9.36. The number of nitrogens with zero attached hydrogens (tertiary/aromatic N) is 2. The van der Waals surface area contributed by atoms with Gasteiger partial charge in [-0.25, -0.2) is 4.98 Å². The zero-order chi connectivity index (χ0) is 14.7. The molecule has 108 valence electrons. The van der Waals surface area contributed by atoms with Crippen molar-refractivity contribution in [3.05, 3.63) is 39.3 Å². The number of fused-ring (bicyclic) bond motifs is 1. The molecule has 0 aliphatic heterocycles. The number of H-pyrrole nitrogens is 1. The van der Waals surface area contributed by atoms with E-state index in [4.69, 9.17) is 5.11 Å². The predicted molar refractivity (Wildman–Crippen MR) is 82.3 cm³/mol. The Bertz CT molecular complexity index is 675. The zero-order valence-corrected chi connectivity index (χ0v) is 12.6. The first-order valence-corrected chi connectivity index (χ1v) is 7.31. The molecule has 2 N–H and O–H groups in total. The van der Waals surface area contributed by atoms with Crippen molar-refractivity contribution in [2.75, 3.05) is 19.7 Å². The smallest absolute Gasteiger partial charge is 0.259 e. The highest BCUT2D eigenvalue weighted by molar-refractivity contribution is 7.18. The molecule has 0 amide bonds. The predicted octanol–water partition coefficient (Wildman–Crippen LogP) is 1.58. The summed E-state index contributed by atoms with van der Waals surface area (Å²) in [7, 11) is 0. The fourth-order valence-corrected chi connectivity index (χ4v) is 3.19. The monoisotopic (exact) mass is 293 g/mol. The van der Waals surface area contributed by atoms with Gasteiger partial charge in [0, 0.05) is 18.0 Å². The van der Waals surface area contributed by atoms with Crippen molar-refractivity contribution in [1.29, 1.82) is 0 Å². The topological polar surface area (TPSA) is 69.2 Å². The van der Waals surface area contributed by atoms with E-state index in [2.05, 4.69) is 16.5 Å². The van der Waals surface area contributed by atoms with E-state index in [1.165, 1.54) is 0 Å². The molecule has 0 atom stereocenters. The number of thiophene rings is 1. The van der Waals surface area contributed by atoms with Gasteiger partial charge in [-0.3, -0.25) is 9.69 Å². The highest BCUT2D eigenvalue weighted by Crippen LogP contribution is 2.25. The Morgan fingerprint density at radius 3 is 2.90 bits per heavy atom. The van der Waals surface area contributed by atoms with Crippen LogP contribution in [0.3, 0.4) is 0 Å². The highest BCUT2D eigenvalue weighted by Gasteiger charge is 2.13. The largest absolute Gasteiger partial charge is 0.395 e. The number of aryl methyl sites for hydroxylation is 2. The fraction of sp³-hybridized carbons (Fsp3) is 0.429. The number of hydrogen-bond donors (Lipinski definition) is 2. The maximum atomic E-state index is 12.2. The van der Waals surface area contributed by atoms with Crippen molar-refractivity contribution < 1.29 is 5.11 Å². The number of aromatic amines is 1. The second kappa shape index (κ2) is 6.30. The van der Waals surface area contributed by atoms with E-state index in [0.717, 1.165) is 15.3 Å². The summed E-state index contributed by atoms with van der Waals surface area (Å²) in [5, 5.41) is 9.73. The number of rotatable bonds is 6. The van der Waals surface area contributed by atoms with Crippen LogP contribution in [0.2, 0.25) is 0 Å².